The highest BCUT2D eigenvalue weighted by atomic mass is 127. The van der Waals surface area contributed by atoms with Gasteiger partial charge in [-0.1, -0.05) is 18.2 Å². The van der Waals surface area contributed by atoms with Crippen molar-refractivity contribution in [2.45, 2.75) is 39.8 Å². The van der Waals surface area contributed by atoms with Gasteiger partial charge in [0.15, 0.2) is 5.96 Å². The quantitative estimate of drug-likeness (QED) is 0.242. The summed E-state index contributed by atoms with van der Waals surface area (Å²) in [6, 6.07) is 9.82. The molecule has 0 aliphatic carbocycles. The van der Waals surface area contributed by atoms with Crippen LogP contribution in [0.3, 0.4) is 0 Å². The van der Waals surface area contributed by atoms with Gasteiger partial charge >= 0.3 is 0 Å². The highest BCUT2D eigenvalue weighted by Crippen LogP contribution is 2.26. The van der Waals surface area contributed by atoms with Crippen molar-refractivity contribution in [1.29, 1.82) is 0 Å². The Hall–Kier alpha value is -1.78. The number of hydrogen-bond acceptors (Lipinski definition) is 5. The van der Waals surface area contributed by atoms with Gasteiger partial charge in [0.25, 0.3) is 0 Å². The van der Waals surface area contributed by atoms with Crippen molar-refractivity contribution in [2.75, 3.05) is 40.3 Å². The zero-order chi connectivity index (χ0) is 22.1. The van der Waals surface area contributed by atoms with Crippen molar-refractivity contribution in [3.8, 4) is 5.75 Å². The number of benzene rings is 1. The topological polar surface area (TPSA) is 82.3 Å². The third kappa shape index (κ3) is 8.70. The minimum atomic E-state index is -1.08. The predicted molar refractivity (Wildman–Crippen MR) is 136 cm³/mol. The number of furan rings is 1. The molecule has 2 aromatic rings. The van der Waals surface area contributed by atoms with Crippen LogP contribution < -0.4 is 15.4 Å². The number of aliphatic hydroxyl groups is 1. The maximum Gasteiger partial charge on any atom is 0.191 e. The Morgan fingerprint density at radius 2 is 1.94 bits per heavy atom. The minimum Gasteiger partial charge on any atom is -0.492 e. The summed E-state index contributed by atoms with van der Waals surface area (Å²) < 4.78 is 11.5. The summed E-state index contributed by atoms with van der Waals surface area (Å²) >= 11 is 0. The number of aryl methyl sites for hydroxylation is 2. The normalized spacial score (nSPS) is 13.5. The van der Waals surface area contributed by atoms with E-state index in [0.717, 1.165) is 41.5 Å². The maximum absolute atomic E-state index is 10.9. The maximum atomic E-state index is 10.9. The lowest BCUT2D eigenvalue weighted by molar-refractivity contribution is 0.0601. The van der Waals surface area contributed by atoms with Crippen molar-refractivity contribution >= 4 is 29.9 Å². The van der Waals surface area contributed by atoms with Crippen molar-refractivity contribution in [3.63, 3.8) is 0 Å². The van der Waals surface area contributed by atoms with Gasteiger partial charge in [-0.3, -0.25) is 0 Å². The van der Waals surface area contributed by atoms with E-state index in [1.807, 2.05) is 65.2 Å². The van der Waals surface area contributed by atoms with Gasteiger partial charge in [-0.15, -0.1) is 24.0 Å². The van der Waals surface area contributed by atoms with Gasteiger partial charge < -0.3 is 29.8 Å². The van der Waals surface area contributed by atoms with Gasteiger partial charge in [-0.2, -0.15) is 0 Å². The van der Waals surface area contributed by atoms with Crippen LogP contribution in [0.4, 0.5) is 0 Å². The molecule has 1 aromatic heterocycles. The lowest BCUT2D eigenvalue weighted by Crippen LogP contribution is -2.44. The molecule has 1 aromatic carbocycles. The molecule has 0 spiro atoms. The number of rotatable bonds is 10. The van der Waals surface area contributed by atoms with Crippen LogP contribution >= 0.6 is 24.0 Å². The van der Waals surface area contributed by atoms with Crippen LogP contribution in [0, 0.1) is 13.8 Å². The van der Waals surface area contributed by atoms with E-state index >= 15 is 0 Å². The molecule has 8 heteroatoms. The lowest BCUT2D eigenvalue weighted by atomic mass is 9.96. The van der Waals surface area contributed by atoms with Crippen LogP contribution in [-0.2, 0) is 12.1 Å². The molecule has 0 fully saturated rings. The monoisotopic (exact) mass is 544 g/mol. The Bertz CT molecular complexity index is 834. The predicted octanol–water partition coefficient (Wildman–Crippen LogP) is 3.42. The number of halogens is 1. The minimum absolute atomic E-state index is 0. The first kappa shape index (κ1) is 27.3. The molecule has 0 bridgehead atoms. The number of aliphatic imine (C=N–C) groups is 1. The van der Waals surface area contributed by atoms with Gasteiger partial charge in [0.2, 0.25) is 0 Å². The standard InChI is InChI=1S/C23H36N4O3.HI/c1-7-24-22(26-16-23(4,28)20-14-17(2)30-18(20)3)25-15-19-10-8-9-11-21(19)29-13-12-27(5)6;/h8-11,14,28H,7,12-13,15-16H2,1-6H3,(H2,24,25,26);1H. The van der Waals surface area contributed by atoms with E-state index in [9.17, 15) is 5.11 Å². The highest BCUT2D eigenvalue weighted by molar-refractivity contribution is 14.0. The van der Waals surface area contributed by atoms with Gasteiger partial charge in [0.1, 0.15) is 29.5 Å². The van der Waals surface area contributed by atoms with Crippen LogP contribution in [0.25, 0.3) is 0 Å². The third-order valence-corrected chi connectivity index (χ3v) is 4.74. The SMILES string of the molecule is CCNC(=NCc1ccccc1OCCN(C)C)NCC(C)(O)c1cc(C)oc1C.I. The van der Waals surface area contributed by atoms with Crippen LogP contribution in [0.2, 0.25) is 0 Å². The first-order valence-corrected chi connectivity index (χ1v) is 10.4. The summed E-state index contributed by atoms with van der Waals surface area (Å²) in [4.78, 5) is 6.77. The molecule has 2 rings (SSSR count). The lowest BCUT2D eigenvalue weighted by Gasteiger charge is -2.24. The summed E-state index contributed by atoms with van der Waals surface area (Å²) in [6.07, 6.45) is 0. The van der Waals surface area contributed by atoms with Crippen molar-refractivity contribution in [3.05, 3.63) is 53.0 Å². The van der Waals surface area contributed by atoms with Crippen molar-refractivity contribution < 1.29 is 14.3 Å². The molecule has 174 valence electrons. The van der Waals surface area contributed by atoms with Crippen LogP contribution in [0.15, 0.2) is 39.7 Å². The highest BCUT2D eigenvalue weighted by Gasteiger charge is 2.27. The summed E-state index contributed by atoms with van der Waals surface area (Å²) in [6.45, 7) is 10.5. The number of hydrogen-bond donors (Lipinski definition) is 3. The third-order valence-electron chi connectivity index (χ3n) is 4.74. The zero-order valence-electron chi connectivity index (χ0n) is 19.5. The van der Waals surface area contributed by atoms with Crippen LogP contribution in [-0.4, -0.2) is 56.3 Å². The second-order valence-electron chi connectivity index (χ2n) is 7.91. The molecule has 0 aliphatic heterocycles. The van der Waals surface area contributed by atoms with E-state index in [1.54, 1.807) is 6.92 Å². The molecule has 3 N–H and O–H groups in total. The number of likely N-dealkylation sites (N-methyl/N-ethyl adjacent to an activating group) is 1. The molecular weight excluding hydrogens is 507 g/mol. The molecule has 0 saturated heterocycles. The second-order valence-corrected chi connectivity index (χ2v) is 7.91. The van der Waals surface area contributed by atoms with Crippen molar-refractivity contribution in [1.82, 2.24) is 15.5 Å². The van der Waals surface area contributed by atoms with Crippen molar-refractivity contribution in [2.24, 2.45) is 4.99 Å². The van der Waals surface area contributed by atoms with E-state index in [1.165, 1.54) is 0 Å². The fourth-order valence-corrected chi connectivity index (χ4v) is 3.14. The zero-order valence-corrected chi connectivity index (χ0v) is 21.8. The average Bonchev–Trinajstić information content (AvgIpc) is 3.04. The molecular formula is C23H37IN4O3. The molecule has 31 heavy (non-hydrogen) atoms. The number of nitrogens with zero attached hydrogens (tertiary/aromatic N) is 2. The smallest absolute Gasteiger partial charge is 0.191 e. The Labute approximate surface area is 203 Å². The Morgan fingerprint density at radius 3 is 2.55 bits per heavy atom. The van der Waals surface area contributed by atoms with Gasteiger partial charge in [0, 0.05) is 24.2 Å². The molecule has 0 aliphatic rings. The summed E-state index contributed by atoms with van der Waals surface area (Å²) in [5.74, 6) is 2.99. The molecule has 0 amide bonds. The second kappa shape index (κ2) is 12.9. The molecule has 0 radical (unpaired) electrons. The first-order valence-electron chi connectivity index (χ1n) is 10.4. The van der Waals surface area contributed by atoms with E-state index < -0.39 is 5.60 Å². The molecule has 1 heterocycles. The Balaban J connectivity index is 0.00000480. The summed E-state index contributed by atoms with van der Waals surface area (Å²) in [5, 5.41) is 17.4. The van der Waals surface area contributed by atoms with Crippen LogP contribution in [0.5, 0.6) is 5.75 Å². The van der Waals surface area contributed by atoms with E-state index in [0.29, 0.717) is 25.7 Å². The first-order chi connectivity index (χ1) is 14.2. The van der Waals surface area contributed by atoms with Crippen LogP contribution in [0.1, 0.15) is 36.5 Å². The Kier molecular flexibility index (Phi) is 11.4. The summed E-state index contributed by atoms with van der Waals surface area (Å²) in [7, 11) is 4.05. The van der Waals surface area contributed by atoms with Gasteiger partial charge in [0.05, 0.1) is 13.1 Å². The number of nitrogens with one attached hydrogen (secondary N) is 2. The fraction of sp³-hybridized carbons (Fsp3) is 0.522. The molecule has 1 unspecified atom stereocenters. The molecule has 1 atom stereocenters. The van der Waals surface area contributed by atoms with E-state index in [4.69, 9.17) is 9.15 Å². The number of guanidine groups is 1. The average molecular weight is 544 g/mol. The molecule has 7 nitrogen and oxygen atoms in total. The van der Waals surface area contributed by atoms with Gasteiger partial charge in [-0.25, -0.2) is 4.99 Å². The fourth-order valence-electron chi connectivity index (χ4n) is 3.14. The number of ether oxygens (including phenoxy) is 1. The number of para-hydroxylation sites is 1. The largest absolute Gasteiger partial charge is 0.492 e. The van der Waals surface area contributed by atoms with Gasteiger partial charge in [-0.05, 0) is 53.9 Å². The van der Waals surface area contributed by atoms with E-state index in [2.05, 4.69) is 20.5 Å². The molecule has 0 saturated carbocycles. The summed E-state index contributed by atoms with van der Waals surface area (Å²) in [5.41, 5.74) is 0.718. The van der Waals surface area contributed by atoms with E-state index in [-0.39, 0.29) is 24.0 Å². The Morgan fingerprint density at radius 1 is 1.23 bits per heavy atom.